The van der Waals surface area contributed by atoms with Gasteiger partial charge in [0, 0.05) is 13.1 Å². The van der Waals surface area contributed by atoms with Gasteiger partial charge in [-0.05, 0) is 44.4 Å². The van der Waals surface area contributed by atoms with Crippen molar-refractivity contribution in [2.24, 2.45) is 7.05 Å². The zero-order valence-corrected chi connectivity index (χ0v) is 13.2. The van der Waals surface area contributed by atoms with Gasteiger partial charge in [-0.25, -0.2) is 4.98 Å². The van der Waals surface area contributed by atoms with Crippen LogP contribution < -0.4 is 5.56 Å². The molecule has 4 nitrogen and oxygen atoms in total. The molecule has 1 aliphatic heterocycles. The minimum absolute atomic E-state index is 0.0823. The van der Waals surface area contributed by atoms with E-state index in [2.05, 4.69) is 4.90 Å². The second kappa shape index (κ2) is 5.51. The van der Waals surface area contributed by atoms with Gasteiger partial charge in [-0.3, -0.25) is 14.3 Å². The molecule has 1 saturated carbocycles. The average molecular weight is 297 g/mol. The molecule has 0 radical (unpaired) electrons. The molecule has 0 amide bonds. The summed E-state index contributed by atoms with van der Waals surface area (Å²) in [5.41, 5.74) is 0.915. The fraction of sp³-hybridized carbons (Fsp3) is 0.556. The van der Waals surface area contributed by atoms with E-state index in [1.807, 2.05) is 31.3 Å². The molecular formula is C18H23N3O. The van der Waals surface area contributed by atoms with E-state index in [-0.39, 0.29) is 5.56 Å². The first-order valence-corrected chi connectivity index (χ1v) is 8.47. The van der Waals surface area contributed by atoms with Crippen LogP contribution in [0.1, 0.15) is 50.4 Å². The highest BCUT2D eigenvalue weighted by molar-refractivity contribution is 5.77. The lowest BCUT2D eigenvalue weighted by molar-refractivity contribution is 0.173. The van der Waals surface area contributed by atoms with Gasteiger partial charge in [-0.15, -0.1) is 0 Å². The molecule has 4 heteroatoms. The lowest BCUT2D eigenvalue weighted by Gasteiger charge is -2.30. The number of nitrogens with zero attached hydrogens (tertiary/aromatic N) is 3. The summed E-state index contributed by atoms with van der Waals surface area (Å²) in [6, 6.07) is 8.70. The second-order valence-corrected chi connectivity index (χ2v) is 6.69. The zero-order chi connectivity index (χ0) is 15.1. The van der Waals surface area contributed by atoms with Gasteiger partial charge in [0.1, 0.15) is 5.82 Å². The normalized spacial score (nSPS) is 23.6. The van der Waals surface area contributed by atoms with Gasteiger partial charge >= 0.3 is 0 Å². The van der Waals surface area contributed by atoms with Crippen molar-refractivity contribution in [2.75, 3.05) is 6.54 Å². The molecule has 22 heavy (non-hydrogen) atoms. The minimum atomic E-state index is 0.0823. The zero-order valence-electron chi connectivity index (χ0n) is 13.2. The molecule has 1 atom stereocenters. The van der Waals surface area contributed by atoms with Gasteiger partial charge in [0.15, 0.2) is 0 Å². The highest BCUT2D eigenvalue weighted by Gasteiger charge is 2.35. The number of aromatic nitrogens is 2. The van der Waals surface area contributed by atoms with Crippen molar-refractivity contribution in [1.82, 2.24) is 14.5 Å². The third kappa shape index (κ3) is 2.17. The summed E-state index contributed by atoms with van der Waals surface area (Å²) >= 11 is 0. The molecule has 2 aromatic rings. The standard InChI is InChI=1S/C18H23N3O/c1-20-17(19-15-10-5-4-9-14(15)18(20)22)16-11-6-12-21(16)13-7-2-3-8-13/h4-5,9-10,13,16H,2-3,6-8,11-12H2,1H3. The van der Waals surface area contributed by atoms with E-state index < -0.39 is 0 Å². The molecule has 0 N–H and O–H groups in total. The molecule has 1 saturated heterocycles. The Labute approximate surface area is 130 Å². The van der Waals surface area contributed by atoms with Crippen molar-refractivity contribution in [2.45, 2.75) is 50.6 Å². The van der Waals surface area contributed by atoms with Crippen LogP contribution in [0.5, 0.6) is 0 Å². The number of rotatable bonds is 2. The summed E-state index contributed by atoms with van der Waals surface area (Å²) in [7, 11) is 1.88. The third-order valence-corrected chi connectivity index (χ3v) is 5.40. The van der Waals surface area contributed by atoms with Crippen LogP contribution in [0.15, 0.2) is 29.1 Å². The Hall–Kier alpha value is -1.68. The second-order valence-electron chi connectivity index (χ2n) is 6.69. The van der Waals surface area contributed by atoms with Crippen molar-refractivity contribution in [3.8, 4) is 0 Å². The number of benzene rings is 1. The largest absolute Gasteiger partial charge is 0.298 e. The Morgan fingerprint density at radius 3 is 2.68 bits per heavy atom. The van der Waals surface area contributed by atoms with E-state index in [9.17, 15) is 4.79 Å². The topological polar surface area (TPSA) is 38.1 Å². The predicted molar refractivity (Wildman–Crippen MR) is 87.9 cm³/mol. The highest BCUT2D eigenvalue weighted by atomic mass is 16.1. The first-order chi connectivity index (χ1) is 10.8. The van der Waals surface area contributed by atoms with E-state index in [4.69, 9.17) is 4.98 Å². The summed E-state index contributed by atoms with van der Waals surface area (Å²) in [5.74, 6) is 0.952. The first-order valence-electron chi connectivity index (χ1n) is 8.47. The molecule has 1 aromatic heterocycles. The van der Waals surface area contributed by atoms with E-state index in [1.165, 1.54) is 32.1 Å². The smallest absolute Gasteiger partial charge is 0.261 e. The van der Waals surface area contributed by atoms with Gasteiger partial charge in [-0.2, -0.15) is 0 Å². The van der Waals surface area contributed by atoms with Gasteiger partial charge in [0.05, 0.1) is 16.9 Å². The highest BCUT2D eigenvalue weighted by Crippen LogP contribution is 2.37. The molecule has 2 heterocycles. The van der Waals surface area contributed by atoms with Crippen LogP contribution in [-0.4, -0.2) is 27.0 Å². The van der Waals surface area contributed by atoms with E-state index in [1.54, 1.807) is 4.57 Å². The van der Waals surface area contributed by atoms with Crippen LogP contribution in [0.2, 0.25) is 0 Å². The maximum Gasteiger partial charge on any atom is 0.261 e. The summed E-state index contributed by atoms with van der Waals surface area (Å²) < 4.78 is 1.78. The molecule has 0 bridgehead atoms. The number of para-hydroxylation sites is 1. The molecular weight excluding hydrogens is 274 g/mol. The Morgan fingerprint density at radius 1 is 1.09 bits per heavy atom. The lowest BCUT2D eigenvalue weighted by Crippen LogP contribution is -2.36. The fourth-order valence-electron chi connectivity index (χ4n) is 4.27. The number of likely N-dealkylation sites (tertiary alicyclic amines) is 1. The van der Waals surface area contributed by atoms with E-state index >= 15 is 0 Å². The van der Waals surface area contributed by atoms with Gasteiger partial charge in [-0.1, -0.05) is 25.0 Å². The number of hydrogen-bond acceptors (Lipinski definition) is 3. The Bertz CT molecular complexity index is 746. The van der Waals surface area contributed by atoms with Crippen LogP contribution in [0.3, 0.4) is 0 Å². The fourth-order valence-corrected chi connectivity index (χ4v) is 4.27. The molecule has 116 valence electrons. The Balaban J connectivity index is 1.79. The summed E-state index contributed by atoms with van der Waals surface area (Å²) in [6.07, 6.45) is 7.63. The van der Waals surface area contributed by atoms with Crippen LogP contribution in [0.4, 0.5) is 0 Å². The molecule has 2 aliphatic rings. The molecule has 4 rings (SSSR count). The first kappa shape index (κ1) is 13.9. The molecule has 1 unspecified atom stereocenters. The van der Waals surface area contributed by atoms with Gasteiger partial charge in [0.2, 0.25) is 0 Å². The van der Waals surface area contributed by atoms with Crippen molar-refractivity contribution in [1.29, 1.82) is 0 Å². The monoisotopic (exact) mass is 297 g/mol. The number of hydrogen-bond donors (Lipinski definition) is 0. The predicted octanol–water partition coefficient (Wildman–Crippen LogP) is 3.01. The average Bonchev–Trinajstić information content (AvgIpc) is 3.21. The van der Waals surface area contributed by atoms with Crippen molar-refractivity contribution < 1.29 is 0 Å². The van der Waals surface area contributed by atoms with Gasteiger partial charge in [0.25, 0.3) is 5.56 Å². The summed E-state index contributed by atoms with van der Waals surface area (Å²) in [4.78, 5) is 20.1. The quantitative estimate of drug-likeness (QED) is 0.855. The molecule has 1 aliphatic carbocycles. The van der Waals surface area contributed by atoms with Crippen LogP contribution in [0.25, 0.3) is 10.9 Å². The SMILES string of the molecule is Cn1c(C2CCCN2C2CCCC2)nc2ccccc2c1=O. The van der Waals surface area contributed by atoms with Crippen molar-refractivity contribution in [3.05, 3.63) is 40.4 Å². The molecule has 1 aromatic carbocycles. The van der Waals surface area contributed by atoms with E-state index in [0.717, 1.165) is 29.7 Å². The van der Waals surface area contributed by atoms with Crippen LogP contribution in [0, 0.1) is 0 Å². The Kier molecular flexibility index (Phi) is 3.49. The van der Waals surface area contributed by atoms with Crippen LogP contribution in [-0.2, 0) is 7.05 Å². The summed E-state index contributed by atoms with van der Waals surface area (Å²) in [6.45, 7) is 1.15. The Morgan fingerprint density at radius 2 is 1.86 bits per heavy atom. The molecule has 0 spiro atoms. The minimum Gasteiger partial charge on any atom is -0.298 e. The number of fused-ring (bicyclic) bond motifs is 1. The lowest BCUT2D eigenvalue weighted by atomic mass is 10.1. The van der Waals surface area contributed by atoms with Crippen molar-refractivity contribution in [3.63, 3.8) is 0 Å². The van der Waals surface area contributed by atoms with E-state index in [0.29, 0.717) is 12.1 Å². The van der Waals surface area contributed by atoms with Crippen LogP contribution >= 0.6 is 0 Å². The van der Waals surface area contributed by atoms with Crippen molar-refractivity contribution >= 4 is 10.9 Å². The maximum absolute atomic E-state index is 12.6. The summed E-state index contributed by atoms with van der Waals surface area (Å²) in [5, 5.41) is 0.721. The maximum atomic E-state index is 12.6. The van der Waals surface area contributed by atoms with Gasteiger partial charge < -0.3 is 0 Å². The molecule has 2 fully saturated rings. The third-order valence-electron chi connectivity index (χ3n) is 5.40.